The van der Waals surface area contributed by atoms with Crippen LogP contribution >= 0.6 is 15.9 Å². The van der Waals surface area contributed by atoms with Gasteiger partial charge in [-0.2, -0.15) is 0 Å². The van der Waals surface area contributed by atoms with Gasteiger partial charge in [0.15, 0.2) is 0 Å². The van der Waals surface area contributed by atoms with Crippen molar-refractivity contribution in [1.29, 1.82) is 0 Å². The number of ether oxygens (including phenoxy) is 2. The molecular weight excluding hydrogens is 390 g/mol. The second-order valence-corrected chi connectivity index (χ2v) is 6.32. The topological polar surface area (TPSA) is 69.7 Å². The molecule has 0 N–H and O–H groups in total. The first kappa shape index (κ1) is 18.5. The van der Waals surface area contributed by atoms with Crippen molar-refractivity contribution < 1.29 is 32.6 Å². The lowest BCUT2D eigenvalue weighted by molar-refractivity contribution is -0.180. The van der Waals surface area contributed by atoms with Crippen LogP contribution in [0, 0.1) is 5.92 Å². The van der Waals surface area contributed by atoms with Gasteiger partial charge in [0.25, 0.3) is 6.10 Å². The van der Waals surface area contributed by atoms with Crippen LogP contribution in [0.2, 0.25) is 0 Å². The van der Waals surface area contributed by atoms with Crippen molar-refractivity contribution in [3.05, 3.63) is 34.3 Å². The number of carbonyl (C=O) groups excluding carboxylic acids is 3. The molecule has 0 heterocycles. The molecule has 5 nitrogen and oxygen atoms in total. The van der Waals surface area contributed by atoms with E-state index in [1.54, 1.807) is 12.1 Å². The van der Waals surface area contributed by atoms with Crippen LogP contribution < -0.4 is 0 Å². The number of benzene rings is 1. The lowest BCUT2D eigenvalue weighted by atomic mass is 9.81. The van der Waals surface area contributed by atoms with Crippen molar-refractivity contribution in [3.8, 4) is 0 Å². The largest absolute Gasteiger partial charge is 0.463 e. The molecule has 0 spiro atoms. The van der Waals surface area contributed by atoms with Gasteiger partial charge in [-0.3, -0.25) is 9.59 Å². The first-order valence-electron chi connectivity index (χ1n) is 7.28. The third-order valence-corrected chi connectivity index (χ3v) is 4.05. The number of esters is 2. The van der Waals surface area contributed by atoms with Crippen LogP contribution in [0.4, 0.5) is 8.78 Å². The lowest BCUT2D eigenvalue weighted by Crippen LogP contribution is -2.44. The van der Waals surface area contributed by atoms with Crippen LogP contribution in [0.3, 0.4) is 0 Å². The summed E-state index contributed by atoms with van der Waals surface area (Å²) in [6.07, 6.45) is -3.09. The third kappa shape index (κ3) is 4.37. The second kappa shape index (κ2) is 7.38. The highest BCUT2D eigenvalue weighted by molar-refractivity contribution is 9.10. The number of hydrogen-bond acceptors (Lipinski definition) is 5. The molecule has 1 aromatic rings. The van der Waals surface area contributed by atoms with Gasteiger partial charge in [0.1, 0.15) is 0 Å². The van der Waals surface area contributed by atoms with E-state index in [1.165, 1.54) is 19.1 Å². The summed E-state index contributed by atoms with van der Waals surface area (Å²) < 4.78 is 36.1. The number of ketones is 1. The Morgan fingerprint density at radius 2 is 1.83 bits per heavy atom. The molecular formula is C16H15BrF2O5. The van der Waals surface area contributed by atoms with Crippen LogP contribution in [0.1, 0.15) is 30.1 Å². The number of carbonyl (C=O) groups is 3. The van der Waals surface area contributed by atoms with E-state index in [0.29, 0.717) is 0 Å². The normalized spacial score (nSPS) is 17.5. The van der Waals surface area contributed by atoms with E-state index >= 15 is 0 Å². The number of hydrogen-bond donors (Lipinski definition) is 0. The molecule has 1 aromatic carbocycles. The quantitative estimate of drug-likeness (QED) is 0.413. The smallest absolute Gasteiger partial charge is 0.355 e. The van der Waals surface area contributed by atoms with Crippen molar-refractivity contribution in [2.45, 2.75) is 31.8 Å². The molecule has 0 aromatic heterocycles. The molecule has 0 aliphatic heterocycles. The zero-order valence-electron chi connectivity index (χ0n) is 12.8. The minimum absolute atomic E-state index is 0.0119. The minimum atomic E-state index is -2.90. The van der Waals surface area contributed by atoms with E-state index in [-0.39, 0.29) is 12.2 Å². The highest BCUT2D eigenvalue weighted by Gasteiger charge is 2.50. The van der Waals surface area contributed by atoms with Gasteiger partial charge >= 0.3 is 11.9 Å². The van der Waals surface area contributed by atoms with Crippen molar-refractivity contribution in [1.82, 2.24) is 0 Å². The molecule has 8 heteroatoms. The minimum Gasteiger partial charge on any atom is -0.463 e. The van der Waals surface area contributed by atoms with E-state index in [4.69, 9.17) is 9.47 Å². The zero-order valence-corrected chi connectivity index (χ0v) is 14.3. The van der Waals surface area contributed by atoms with Gasteiger partial charge in [-0.15, -0.1) is 0 Å². The second-order valence-electron chi connectivity index (χ2n) is 5.40. The van der Waals surface area contributed by atoms with Crippen molar-refractivity contribution in [2.24, 2.45) is 5.92 Å². The van der Waals surface area contributed by atoms with Gasteiger partial charge in [-0.1, -0.05) is 28.1 Å². The van der Waals surface area contributed by atoms with E-state index < -0.39 is 48.5 Å². The summed E-state index contributed by atoms with van der Waals surface area (Å²) in [6, 6.07) is 6.07. The molecule has 1 atom stereocenters. The van der Waals surface area contributed by atoms with Gasteiger partial charge in [-0.25, -0.2) is 13.6 Å². The summed E-state index contributed by atoms with van der Waals surface area (Å²) >= 11 is 3.21. The Bertz CT molecular complexity index is 636. The molecule has 0 bridgehead atoms. The monoisotopic (exact) mass is 404 g/mol. The fraction of sp³-hybridized carbons (Fsp3) is 0.438. The predicted molar refractivity (Wildman–Crippen MR) is 82.7 cm³/mol. The molecule has 0 amide bonds. The average Bonchev–Trinajstić information content (AvgIpc) is 2.50. The Labute approximate surface area is 145 Å². The number of halogens is 3. The van der Waals surface area contributed by atoms with Crippen LogP contribution in [-0.2, 0) is 19.1 Å². The molecule has 0 radical (unpaired) electrons. The highest BCUT2D eigenvalue weighted by atomic mass is 79.9. The number of rotatable bonds is 6. The van der Waals surface area contributed by atoms with Gasteiger partial charge < -0.3 is 9.47 Å². The standard InChI is InChI=1S/C16H15BrF2O5/c1-2-23-15(22)13(12(20)9-3-5-11(17)6-4-9)24-14(21)10-7-16(18,19)8-10/h3-6,10,13H,2,7-8H2,1H3. The van der Waals surface area contributed by atoms with Gasteiger partial charge in [-0.05, 0) is 19.1 Å². The van der Waals surface area contributed by atoms with Crippen molar-refractivity contribution in [2.75, 3.05) is 6.61 Å². The molecule has 130 valence electrons. The maximum atomic E-state index is 12.9. The van der Waals surface area contributed by atoms with Crippen molar-refractivity contribution >= 4 is 33.7 Å². The Morgan fingerprint density at radius 3 is 2.33 bits per heavy atom. The Hall–Kier alpha value is -1.83. The fourth-order valence-corrected chi connectivity index (χ4v) is 2.50. The van der Waals surface area contributed by atoms with Crippen LogP contribution in [0.5, 0.6) is 0 Å². The highest BCUT2D eigenvalue weighted by Crippen LogP contribution is 2.43. The summed E-state index contributed by atoms with van der Waals surface area (Å²) in [4.78, 5) is 36.3. The first-order valence-corrected chi connectivity index (χ1v) is 8.07. The lowest BCUT2D eigenvalue weighted by Gasteiger charge is -2.33. The molecule has 1 fully saturated rings. The first-order chi connectivity index (χ1) is 11.2. The molecule has 1 aliphatic carbocycles. The maximum absolute atomic E-state index is 12.9. The van der Waals surface area contributed by atoms with Crippen molar-refractivity contribution in [3.63, 3.8) is 0 Å². The third-order valence-electron chi connectivity index (χ3n) is 3.52. The van der Waals surface area contributed by atoms with Gasteiger partial charge in [0.05, 0.1) is 12.5 Å². The van der Waals surface area contributed by atoms with E-state index in [0.717, 1.165) is 4.47 Å². The molecule has 2 rings (SSSR count). The molecule has 1 aliphatic rings. The number of Topliss-reactive ketones (excluding diaryl/α,β-unsaturated/α-hetero) is 1. The van der Waals surface area contributed by atoms with Gasteiger partial charge in [0.2, 0.25) is 11.7 Å². The summed E-state index contributed by atoms with van der Waals surface area (Å²) in [5.74, 6) is -6.71. The molecule has 1 saturated carbocycles. The van der Waals surface area contributed by atoms with E-state index in [1.807, 2.05) is 0 Å². The van der Waals surface area contributed by atoms with Crippen LogP contribution in [0.25, 0.3) is 0 Å². The maximum Gasteiger partial charge on any atom is 0.355 e. The Morgan fingerprint density at radius 1 is 1.25 bits per heavy atom. The zero-order chi connectivity index (χ0) is 17.9. The van der Waals surface area contributed by atoms with Crippen LogP contribution in [-0.4, -0.2) is 36.4 Å². The summed E-state index contributed by atoms with van der Waals surface area (Å²) in [5.41, 5.74) is 0.142. The number of alkyl halides is 2. The Kier molecular flexibility index (Phi) is 5.69. The predicted octanol–water partition coefficient (Wildman–Crippen LogP) is 3.15. The molecule has 0 saturated heterocycles. The van der Waals surface area contributed by atoms with Gasteiger partial charge in [0, 0.05) is 22.9 Å². The molecule has 24 heavy (non-hydrogen) atoms. The molecule has 1 unspecified atom stereocenters. The van der Waals surface area contributed by atoms with E-state index in [9.17, 15) is 23.2 Å². The Balaban J connectivity index is 2.12. The van der Waals surface area contributed by atoms with E-state index in [2.05, 4.69) is 15.9 Å². The SMILES string of the molecule is CCOC(=O)C(OC(=O)C1CC(F)(F)C1)C(=O)c1ccc(Br)cc1. The fourth-order valence-electron chi connectivity index (χ4n) is 2.23. The van der Waals surface area contributed by atoms with Crippen LogP contribution in [0.15, 0.2) is 28.7 Å². The average molecular weight is 405 g/mol. The summed E-state index contributed by atoms with van der Waals surface area (Å²) in [6.45, 7) is 1.52. The summed E-state index contributed by atoms with van der Waals surface area (Å²) in [5, 5.41) is 0. The summed E-state index contributed by atoms with van der Waals surface area (Å²) in [7, 11) is 0.